The number of hydrogen-bond acceptors (Lipinski definition) is 2. The first-order chi connectivity index (χ1) is 5.95. The van der Waals surface area contributed by atoms with E-state index < -0.39 is 12.2 Å². The molecule has 0 saturated heterocycles. The Morgan fingerprint density at radius 3 is 2.31 bits per heavy atom. The van der Waals surface area contributed by atoms with Crippen molar-refractivity contribution in [3.05, 3.63) is 0 Å². The summed E-state index contributed by atoms with van der Waals surface area (Å²) in [6, 6.07) is -1.48. The van der Waals surface area contributed by atoms with Crippen LogP contribution in [-0.2, 0) is 0 Å². The van der Waals surface area contributed by atoms with Gasteiger partial charge in [0.25, 0.3) is 0 Å². The van der Waals surface area contributed by atoms with Crippen molar-refractivity contribution < 1.29 is 13.2 Å². The molecule has 2 nitrogen and oxygen atoms in total. The third-order valence-electron chi connectivity index (χ3n) is 2.38. The third kappa shape index (κ3) is 3.15. The highest BCUT2D eigenvalue weighted by atomic mass is 19.4. The molecule has 13 heavy (non-hydrogen) atoms. The number of halogens is 3. The van der Waals surface area contributed by atoms with Crippen LogP contribution in [0.3, 0.4) is 0 Å². The van der Waals surface area contributed by atoms with Crippen LogP contribution in [0.4, 0.5) is 13.2 Å². The molecule has 0 heterocycles. The van der Waals surface area contributed by atoms with Gasteiger partial charge in [-0.2, -0.15) is 13.2 Å². The predicted octanol–water partition coefficient (Wildman–Crippen LogP) is 1.22. The minimum Gasteiger partial charge on any atom is -0.329 e. The molecular weight excluding hydrogens is 181 g/mol. The second-order valence-corrected chi connectivity index (χ2v) is 3.68. The van der Waals surface area contributed by atoms with Crippen molar-refractivity contribution in [2.24, 2.45) is 11.7 Å². The summed E-state index contributed by atoms with van der Waals surface area (Å²) in [5.41, 5.74) is 5.09. The van der Waals surface area contributed by atoms with E-state index in [2.05, 4.69) is 0 Å². The van der Waals surface area contributed by atoms with Crippen LogP contribution >= 0.6 is 0 Å². The van der Waals surface area contributed by atoms with Crippen LogP contribution in [0.5, 0.6) is 0 Å². The second-order valence-electron chi connectivity index (χ2n) is 3.68. The Hall–Kier alpha value is -0.290. The molecule has 5 heteroatoms. The molecule has 0 amide bonds. The number of alkyl halides is 3. The van der Waals surface area contributed by atoms with Crippen LogP contribution in [-0.4, -0.2) is 37.3 Å². The molecule has 1 unspecified atom stereocenters. The van der Waals surface area contributed by atoms with E-state index >= 15 is 0 Å². The van der Waals surface area contributed by atoms with Crippen molar-refractivity contribution in [1.82, 2.24) is 4.90 Å². The van der Waals surface area contributed by atoms with Crippen molar-refractivity contribution >= 4 is 0 Å². The first-order valence-electron chi connectivity index (χ1n) is 4.42. The van der Waals surface area contributed by atoms with Gasteiger partial charge in [-0.15, -0.1) is 0 Å². The van der Waals surface area contributed by atoms with Gasteiger partial charge in [0.15, 0.2) is 0 Å². The maximum absolute atomic E-state index is 12.3. The fraction of sp³-hybridized carbons (Fsp3) is 1.00. The lowest BCUT2D eigenvalue weighted by Crippen LogP contribution is -2.49. The van der Waals surface area contributed by atoms with Gasteiger partial charge >= 0.3 is 6.18 Å². The number of nitrogens with two attached hydrogens (primary N) is 1. The van der Waals surface area contributed by atoms with Crippen LogP contribution < -0.4 is 5.73 Å². The van der Waals surface area contributed by atoms with E-state index in [4.69, 9.17) is 5.73 Å². The molecule has 1 fully saturated rings. The lowest BCUT2D eigenvalue weighted by Gasteiger charge is -2.28. The quantitative estimate of drug-likeness (QED) is 0.732. The number of hydrogen-bond donors (Lipinski definition) is 1. The predicted molar refractivity (Wildman–Crippen MR) is 44.3 cm³/mol. The van der Waals surface area contributed by atoms with Gasteiger partial charge in [-0.1, -0.05) is 0 Å². The fourth-order valence-corrected chi connectivity index (χ4v) is 1.40. The van der Waals surface area contributed by atoms with Crippen LogP contribution in [0.2, 0.25) is 0 Å². The summed E-state index contributed by atoms with van der Waals surface area (Å²) in [7, 11) is 1.49. The number of nitrogens with zero attached hydrogens (tertiary/aromatic N) is 1. The molecule has 0 aromatic carbocycles. The molecule has 0 radical (unpaired) electrons. The summed E-state index contributed by atoms with van der Waals surface area (Å²) < 4.78 is 37.0. The molecule has 0 aromatic heterocycles. The summed E-state index contributed by atoms with van der Waals surface area (Å²) in [5, 5.41) is 0. The molecular formula is C8H15F3N2. The average Bonchev–Trinajstić information content (AvgIpc) is 2.69. The van der Waals surface area contributed by atoms with Crippen LogP contribution in [0.1, 0.15) is 12.8 Å². The molecule has 0 spiro atoms. The Morgan fingerprint density at radius 2 is 2.00 bits per heavy atom. The van der Waals surface area contributed by atoms with E-state index in [1.54, 1.807) is 0 Å². The van der Waals surface area contributed by atoms with E-state index in [-0.39, 0.29) is 6.54 Å². The Bertz CT molecular complexity index is 165. The van der Waals surface area contributed by atoms with Gasteiger partial charge < -0.3 is 5.73 Å². The standard InChI is InChI=1S/C8H15F3N2/c1-13(5-6-2-3-6)7(4-12)8(9,10)11/h6-7H,2-5,12H2,1H3. The summed E-state index contributed by atoms with van der Waals surface area (Å²) in [4.78, 5) is 1.32. The van der Waals surface area contributed by atoms with Gasteiger partial charge in [-0.25, -0.2) is 0 Å². The van der Waals surface area contributed by atoms with Crippen molar-refractivity contribution in [3.63, 3.8) is 0 Å². The molecule has 2 N–H and O–H groups in total. The van der Waals surface area contributed by atoms with Gasteiger partial charge in [0.1, 0.15) is 6.04 Å². The molecule has 1 aliphatic carbocycles. The van der Waals surface area contributed by atoms with Crippen LogP contribution in [0.15, 0.2) is 0 Å². The fourth-order valence-electron chi connectivity index (χ4n) is 1.40. The monoisotopic (exact) mass is 196 g/mol. The zero-order chi connectivity index (χ0) is 10.1. The van der Waals surface area contributed by atoms with E-state index in [1.165, 1.54) is 11.9 Å². The lowest BCUT2D eigenvalue weighted by molar-refractivity contribution is -0.177. The van der Waals surface area contributed by atoms with Crippen molar-refractivity contribution in [1.29, 1.82) is 0 Å². The van der Waals surface area contributed by atoms with Gasteiger partial charge in [-0.05, 0) is 25.8 Å². The van der Waals surface area contributed by atoms with Gasteiger partial charge in [0.05, 0.1) is 0 Å². The molecule has 1 saturated carbocycles. The van der Waals surface area contributed by atoms with E-state index in [1.807, 2.05) is 0 Å². The summed E-state index contributed by atoms with van der Waals surface area (Å²) in [5.74, 6) is 0.460. The van der Waals surface area contributed by atoms with Gasteiger partial charge in [0.2, 0.25) is 0 Å². The largest absolute Gasteiger partial charge is 0.405 e. The van der Waals surface area contributed by atoms with Crippen molar-refractivity contribution in [3.8, 4) is 0 Å². The summed E-state index contributed by atoms with van der Waals surface area (Å²) in [6.45, 7) is 0.161. The topological polar surface area (TPSA) is 29.3 Å². The van der Waals surface area contributed by atoms with Crippen molar-refractivity contribution in [2.75, 3.05) is 20.1 Å². The maximum Gasteiger partial charge on any atom is 0.405 e. The Morgan fingerprint density at radius 1 is 1.46 bits per heavy atom. The zero-order valence-corrected chi connectivity index (χ0v) is 7.64. The van der Waals surface area contributed by atoms with Crippen LogP contribution in [0, 0.1) is 5.92 Å². The minimum atomic E-state index is -4.20. The molecule has 0 bridgehead atoms. The molecule has 1 rings (SSSR count). The molecule has 1 aliphatic rings. The Kier molecular flexibility index (Phi) is 3.18. The van der Waals surface area contributed by atoms with Gasteiger partial charge in [-0.3, -0.25) is 4.90 Å². The third-order valence-corrected chi connectivity index (χ3v) is 2.38. The highest BCUT2D eigenvalue weighted by Gasteiger charge is 2.42. The first kappa shape index (κ1) is 10.8. The lowest BCUT2D eigenvalue weighted by atomic mass is 10.2. The summed E-state index contributed by atoms with van der Waals surface area (Å²) in [6.07, 6.45) is -2.09. The van der Waals surface area contributed by atoms with E-state index in [0.717, 1.165) is 12.8 Å². The number of rotatable bonds is 4. The minimum absolute atomic E-state index is 0.354. The molecule has 0 aromatic rings. The Balaban J connectivity index is 2.43. The van der Waals surface area contributed by atoms with E-state index in [0.29, 0.717) is 12.5 Å². The highest BCUT2D eigenvalue weighted by Crippen LogP contribution is 2.32. The molecule has 1 atom stereocenters. The van der Waals surface area contributed by atoms with Gasteiger partial charge in [0, 0.05) is 13.1 Å². The number of likely N-dealkylation sites (N-methyl/N-ethyl adjacent to an activating group) is 1. The normalized spacial score (nSPS) is 20.8. The molecule has 78 valence electrons. The highest BCUT2D eigenvalue weighted by molar-refractivity contribution is 4.83. The summed E-state index contributed by atoms with van der Waals surface area (Å²) >= 11 is 0. The smallest absolute Gasteiger partial charge is 0.329 e. The first-order valence-corrected chi connectivity index (χ1v) is 4.42. The van der Waals surface area contributed by atoms with Crippen molar-refractivity contribution in [2.45, 2.75) is 25.1 Å². The van der Waals surface area contributed by atoms with Crippen LogP contribution in [0.25, 0.3) is 0 Å². The molecule has 0 aliphatic heterocycles. The Labute approximate surface area is 75.9 Å². The maximum atomic E-state index is 12.3. The van der Waals surface area contributed by atoms with E-state index in [9.17, 15) is 13.2 Å². The second kappa shape index (κ2) is 3.84. The SMILES string of the molecule is CN(CC1CC1)C(CN)C(F)(F)F. The zero-order valence-electron chi connectivity index (χ0n) is 7.64. The average molecular weight is 196 g/mol.